The smallest absolute Gasteiger partial charge is 0.241 e. The predicted octanol–water partition coefficient (Wildman–Crippen LogP) is 1.99. The van der Waals surface area contributed by atoms with E-state index in [-0.39, 0.29) is 17.2 Å². The number of rotatable bonds is 4. The van der Waals surface area contributed by atoms with E-state index in [9.17, 15) is 13.2 Å². The van der Waals surface area contributed by atoms with Crippen molar-refractivity contribution in [1.82, 2.24) is 4.72 Å². The normalized spacial score (nSPS) is 12.8. The van der Waals surface area contributed by atoms with Gasteiger partial charge in [0, 0.05) is 17.2 Å². The molecule has 3 rings (SSSR count). The van der Waals surface area contributed by atoms with Gasteiger partial charge in [-0.3, -0.25) is 4.79 Å². The number of hydrogen-bond donors (Lipinski definition) is 1. The van der Waals surface area contributed by atoms with Crippen molar-refractivity contribution in [2.45, 2.75) is 11.8 Å². The van der Waals surface area contributed by atoms with Gasteiger partial charge in [-0.05, 0) is 31.2 Å². The average Bonchev–Trinajstić information content (AvgIpc) is 2.65. The monoisotopic (exact) mass is 371 g/mol. The summed E-state index contributed by atoms with van der Waals surface area (Å²) in [5.74, 6) is 6.54. The minimum atomic E-state index is -3.70. The molecule has 0 aromatic heterocycles. The molecule has 1 aliphatic rings. The van der Waals surface area contributed by atoms with E-state index in [1.807, 2.05) is 0 Å². The molecule has 0 radical (unpaired) electrons. The van der Waals surface area contributed by atoms with Gasteiger partial charge in [0.1, 0.15) is 13.2 Å². The number of carbonyl (C=O) groups excluding carboxylic acids is 1. The molecule has 6 nitrogen and oxygen atoms in total. The van der Waals surface area contributed by atoms with E-state index in [1.165, 1.54) is 19.1 Å². The second-order valence-electron chi connectivity index (χ2n) is 5.57. The Balaban J connectivity index is 1.65. The van der Waals surface area contributed by atoms with Crippen LogP contribution in [-0.4, -0.2) is 34.0 Å². The van der Waals surface area contributed by atoms with Gasteiger partial charge in [-0.15, -0.1) is 0 Å². The summed E-state index contributed by atoms with van der Waals surface area (Å²) in [6, 6.07) is 11.3. The van der Waals surface area contributed by atoms with E-state index < -0.39 is 10.0 Å². The fourth-order valence-electron chi connectivity index (χ4n) is 2.34. The fourth-order valence-corrected chi connectivity index (χ4v) is 3.28. The Labute approximate surface area is 152 Å². The highest BCUT2D eigenvalue weighted by atomic mass is 32.2. The van der Waals surface area contributed by atoms with Crippen molar-refractivity contribution in [3.05, 3.63) is 53.6 Å². The summed E-state index contributed by atoms with van der Waals surface area (Å²) in [5, 5.41) is 0. The molecule has 2 aromatic carbocycles. The van der Waals surface area contributed by atoms with Crippen LogP contribution in [0.1, 0.15) is 22.8 Å². The molecule has 0 amide bonds. The highest BCUT2D eigenvalue weighted by Crippen LogP contribution is 2.32. The summed E-state index contributed by atoms with van der Waals surface area (Å²) in [4.78, 5) is 11.3. The van der Waals surface area contributed by atoms with Gasteiger partial charge in [0.2, 0.25) is 10.0 Å². The highest BCUT2D eigenvalue weighted by molar-refractivity contribution is 7.89. The number of ether oxygens (including phenoxy) is 2. The van der Waals surface area contributed by atoms with Crippen LogP contribution < -0.4 is 14.2 Å². The van der Waals surface area contributed by atoms with Crippen LogP contribution in [0.4, 0.5) is 0 Å². The van der Waals surface area contributed by atoms with Gasteiger partial charge in [0.05, 0.1) is 11.4 Å². The van der Waals surface area contributed by atoms with Gasteiger partial charge in [-0.2, -0.15) is 4.72 Å². The molecule has 0 aliphatic carbocycles. The van der Waals surface area contributed by atoms with E-state index >= 15 is 0 Å². The van der Waals surface area contributed by atoms with Gasteiger partial charge in [0.25, 0.3) is 0 Å². The van der Waals surface area contributed by atoms with Crippen LogP contribution in [0.5, 0.6) is 11.5 Å². The van der Waals surface area contributed by atoms with Gasteiger partial charge in [-0.1, -0.05) is 24.0 Å². The quantitative estimate of drug-likeness (QED) is 0.657. The van der Waals surface area contributed by atoms with Crippen LogP contribution in [0.2, 0.25) is 0 Å². The Morgan fingerprint density at radius 1 is 1.08 bits per heavy atom. The summed E-state index contributed by atoms with van der Waals surface area (Å²) in [7, 11) is -3.70. The molecule has 7 heteroatoms. The first-order valence-electron chi connectivity index (χ1n) is 7.95. The van der Waals surface area contributed by atoms with Crippen molar-refractivity contribution < 1.29 is 22.7 Å². The molecule has 1 aliphatic heterocycles. The van der Waals surface area contributed by atoms with E-state index in [1.54, 1.807) is 30.3 Å². The third-order valence-electron chi connectivity index (χ3n) is 3.70. The molecule has 0 saturated heterocycles. The van der Waals surface area contributed by atoms with Crippen LogP contribution in [0.15, 0.2) is 47.4 Å². The lowest BCUT2D eigenvalue weighted by atomic mass is 10.1. The molecule has 0 bridgehead atoms. The lowest BCUT2D eigenvalue weighted by molar-refractivity contribution is 0.101. The van der Waals surface area contributed by atoms with Crippen molar-refractivity contribution in [3.8, 4) is 23.3 Å². The second-order valence-corrected chi connectivity index (χ2v) is 7.33. The van der Waals surface area contributed by atoms with Crippen molar-refractivity contribution in [3.63, 3.8) is 0 Å². The van der Waals surface area contributed by atoms with E-state index in [0.29, 0.717) is 35.8 Å². The molecule has 0 fully saturated rings. The van der Waals surface area contributed by atoms with Crippen LogP contribution in [0.25, 0.3) is 0 Å². The van der Waals surface area contributed by atoms with E-state index in [0.717, 1.165) is 0 Å². The maximum absolute atomic E-state index is 12.3. The largest absolute Gasteiger partial charge is 0.486 e. The lowest BCUT2D eigenvalue weighted by Gasteiger charge is -2.18. The van der Waals surface area contributed by atoms with Crippen LogP contribution in [0.3, 0.4) is 0 Å². The summed E-state index contributed by atoms with van der Waals surface area (Å²) in [6.45, 7) is 2.29. The first-order chi connectivity index (χ1) is 12.5. The number of hydrogen-bond acceptors (Lipinski definition) is 5. The standard InChI is InChI=1S/C19H17NO5S/c1-14(21)16-6-4-15(5-7-16)3-2-10-20-26(22,23)17-8-9-18-19(13-17)25-12-11-24-18/h4-9,13,20H,10-12H2,1H3. The number of carbonyl (C=O) groups is 1. The Hall–Kier alpha value is -2.82. The summed E-state index contributed by atoms with van der Waals surface area (Å²) >= 11 is 0. The van der Waals surface area contributed by atoms with Crippen LogP contribution in [-0.2, 0) is 10.0 Å². The minimum Gasteiger partial charge on any atom is -0.486 e. The number of fused-ring (bicyclic) bond motifs is 1. The molecule has 2 aromatic rings. The van der Waals surface area contributed by atoms with E-state index in [2.05, 4.69) is 16.6 Å². The zero-order chi connectivity index (χ0) is 18.6. The maximum atomic E-state index is 12.3. The molecule has 1 N–H and O–H groups in total. The molecule has 26 heavy (non-hydrogen) atoms. The van der Waals surface area contributed by atoms with Gasteiger partial charge < -0.3 is 9.47 Å². The van der Waals surface area contributed by atoms with Gasteiger partial charge in [-0.25, -0.2) is 8.42 Å². The molecular weight excluding hydrogens is 354 g/mol. The number of ketones is 1. The lowest BCUT2D eigenvalue weighted by Crippen LogP contribution is -2.24. The second kappa shape index (κ2) is 7.60. The first-order valence-corrected chi connectivity index (χ1v) is 9.43. The molecule has 1 heterocycles. The van der Waals surface area contributed by atoms with Crippen molar-refractivity contribution in [2.75, 3.05) is 19.8 Å². The zero-order valence-electron chi connectivity index (χ0n) is 14.1. The molecular formula is C19H17NO5S. The molecule has 0 unspecified atom stereocenters. The zero-order valence-corrected chi connectivity index (χ0v) is 14.9. The summed E-state index contributed by atoms with van der Waals surface area (Å²) in [6.07, 6.45) is 0. The fraction of sp³-hybridized carbons (Fsp3) is 0.211. The predicted molar refractivity (Wildman–Crippen MR) is 95.9 cm³/mol. The van der Waals surface area contributed by atoms with Crippen molar-refractivity contribution >= 4 is 15.8 Å². The Morgan fingerprint density at radius 2 is 1.77 bits per heavy atom. The Bertz CT molecular complexity index is 985. The molecule has 134 valence electrons. The number of nitrogens with one attached hydrogen (secondary N) is 1. The Morgan fingerprint density at radius 3 is 2.46 bits per heavy atom. The van der Waals surface area contributed by atoms with E-state index in [4.69, 9.17) is 9.47 Å². The summed E-state index contributed by atoms with van der Waals surface area (Å²) in [5.41, 5.74) is 1.31. The number of benzene rings is 2. The molecule has 0 atom stereocenters. The first kappa shape index (κ1) is 18.0. The highest BCUT2D eigenvalue weighted by Gasteiger charge is 2.18. The topological polar surface area (TPSA) is 81.7 Å². The van der Waals surface area contributed by atoms with Crippen molar-refractivity contribution in [2.24, 2.45) is 0 Å². The molecule has 0 spiro atoms. The van der Waals surface area contributed by atoms with Crippen molar-refractivity contribution in [1.29, 1.82) is 0 Å². The molecule has 0 saturated carbocycles. The number of sulfonamides is 1. The summed E-state index contributed by atoms with van der Waals surface area (Å²) < 4.78 is 37.9. The number of Topliss-reactive ketones (excluding diaryl/α,β-unsaturated/α-hetero) is 1. The van der Waals surface area contributed by atoms with Gasteiger partial charge in [0.15, 0.2) is 17.3 Å². The Kier molecular flexibility index (Phi) is 5.26. The third-order valence-corrected chi connectivity index (χ3v) is 5.10. The maximum Gasteiger partial charge on any atom is 0.241 e. The van der Waals surface area contributed by atoms with Gasteiger partial charge >= 0.3 is 0 Å². The average molecular weight is 371 g/mol. The van der Waals surface area contributed by atoms with Crippen LogP contribution in [0, 0.1) is 11.8 Å². The minimum absolute atomic E-state index is 0.0169. The SMILES string of the molecule is CC(=O)c1ccc(C#CCNS(=O)(=O)c2ccc3c(c2)OCCO3)cc1. The third kappa shape index (κ3) is 4.23. The van der Waals surface area contributed by atoms with Crippen LogP contribution >= 0.6 is 0 Å².